The molecular weight excluding hydrogens is 325 g/mol. The van der Waals surface area contributed by atoms with Gasteiger partial charge < -0.3 is 10.0 Å². The normalized spacial score (nSPS) is 14.1. The van der Waals surface area contributed by atoms with Crippen LogP contribution in [0.2, 0.25) is 0 Å². The van der Waals surface area contributed by atoms with E-state index in [-0.39, 0.29) is 0 Å². The summed E-state index contributed by atoms with van der Waals surface area (Å²) in [5.41, 5.74) is -4.45. The van der Waals surface area contributed by atoms with E-state index in [1.807, 2.05) is 0 Å². The Labute approximate surface area is 136 Å². The third kappa shape index (κ3) is 3.05. The van der Waals surface area contributed by atoms with Crippen LogP contribution in [0.5, 0.6) is 0 Å². The lowest BCUT2D eigenvalue weighted by atomic mass is 9.85. The second kappa shape index (κ2) is 6.12. The number of nitrogens with zero attached hydrogens (tertiary/aromatic N) is 2. The summed E-state index contributed by atoms with van der Waals surface area (Å²) in [7, 11) is 3.30. The molecular formula is C16H15F3N2O3. The Morgan fingerprint density at radius 3 is 2.08 bits per heavy atom. The quantitative estimate of drug-likeness (QED) is 0.684. The van der Waals surface area contributed by atoms with Crippen molar-refractivity contribution in [3.8, 4) is 0 Å². The molecule has 5 nitrogen and oxygen atoms in total. The minimum Gasteiger partial charge on any atom is -0.378 e. The molecule has 128 valence electrons. The molecule has 0 heterocycles. The SMILES string of the molecule is CN(C)c1cccc(C(O)(c2cccc([N+](=O)[O-])c2)C(F)(F)F)c1. The molecule has 1 unspecified atom stereocenters. The van der Waals surface area contributed by atoms with E-state index in [0.717, 1.165) is 30.3 Å². The molecule has 0 fully saturated rings. The van der Waals surface area contributed by atoms with Crippen molar-refractivity contribution in [2.24, 2.45) is 0 Å². The average Bonchev–Trinajstić information content (AvgIpc) is 2.53. The highest BCUT2D eigenvalue weighted by atomic mass is 19.4. The molecule has 0 saturated heterocycles. The lowest BCUT2D eigenvalue weighted by molar-refractivity contribution is -0.385. The number of nitro groups is 1. The van der Waals surface area contributed by atoms with Crippen LogP contribution in [0.1, 0.15) is 11.1 Å². The van der Waals surface area contributed by atoms with Crippen LogP contribution >= 0.6 is 0 Å². The molecule has 0 amide bonds. The van der Waals surface area contributed by atoms with Crippen LogP contribution < -0.4 is 4.90 Å². The number of hydrogen-bond acceptors (Lipinski definition) is 4. The molecule has 2 aromatic carbocycles. The number of rotatable bonds is 4. The van der Waals surface area contributed by atoms with E-state index in [1.165, 1.54) is 12.1 Å². The van der Waals surface area contributed by atoms with Crippen LogP contribution in [0, 0.1) is 10.1 Å². The molecule has 1 N–H and O–H groups in total. The van der Waals surface area contributed by atoms with Gasteiger partial charge in [0.2, 0.25) is 5.60 Å². The first kappa shape index (κ1) is 17.7. The first-order valence-electron chi connectivity index (χ1n) is 6.89. The predicted molar refractivity (Wildman–Crippen MR) is 82.9 cm³/mol. The number of hydrogen-bond donors (Lipinski definition) is 1. The smallest absolute Gasteiger partial charge is 0.378 e. The third-order valence-corrected chi connectivity index (χ3v) is 3.67. The number of benzene rings is 2. The molecule has 0 spiro atoms. The molecule has 0 aromatic heterocycles. The van der Waals surface area contributed by atoms with Gasteiger partial charge in [-0.2, -0.15) is 13.2 Å². The van der Waals surface area contributed by atoms with Gasteiger partial charge in [-0.1, -0.05) is 24.3 Å². The second-order valence-electron chi connectivity index (χ2n) is 5.46. The highest BCUT2D eigenvalue weighted by Gasteiger charge is 2.56. The molecule has 0 aliphatic rings. The second-order valence-corrected chi connectivity index (χ2v) is 5.46. The van der Waals surface area contributed by atoms with Crippen LogP contribution in [-0.2, 0) is 5.60 Å². The van der Waals surface area contributed by atoms with Gasteiger partial charge in [0.25, 0.3) is 5.69 Å². The van der Waals surface area contributed by atoms with Crippen molar-refractivity contribution < 1.29 is 23.2 Å². The number of halogens is 3. The molecule has 0 saturated carbocycles. The zero-order valence-electron chi connectivity index (χ0n) is 12.9. The number of nitro benzene ring substituents is 1. The molecule has 2 rings (SSSR count). The van der Waals surface area contributed by atoms with Crippen molar-refractivity contribution in [2.45, 2.75) is 11.8 Å². The van der Waals surface area contributed by atoms with E-state index in [1.54, 1.807) is 25.1 Å². The monoisotopic (exact) mass is 340 g/mol. The van der Waals surface area contributed by atoms with Crippen molar-refractivity contribution in [3.05, 3.63) is 69.8 Å². The molecule has 2 aromatic rings. The van der Waals surface area contributed by atoms with Gasteiger partial charge in [-0.3, -0.25) is 10.1 Å². The largest absolute Gasteiger partial charge is 0.425 e. The van der Waals surface area contributed by atoms with Crippen LogP contribution in [0.3, 0.4) is 0 Å². The van der Waals surface area contributed by atoms with Gasteiger partial charge in [0.05, 0.1) is 4.92 Å². The van der Waals surface area contributed by atoms with Crippen LogP contribution in [0.25, 0.3) is 0 Å². The van der Waals surface area contributed by atoms with Gasteiger partial charge in [-0.25, -0.2) is 0 Å². The van der Waals surface area contributed by atoms with Crippen molar-refractivity contribution in [3.63, 3.8) is 0 Å². The van der Waals surface area contributed by atoms with Crippen molar-refractivity contribution in [2.75, 3.05) is 19.0 Å². The minimum atomic E-state index is -5.06. The summed E-state index contributed by atoms with van der Waals surface area (Å²) in [6, 6.07) is 9.24. The summed E-state index contributed by atoms with van der Waals surface area (Å²) in [4.78, 5) is 11.6. The Bertz CT molecular complexity index is 762. The summed E-state index contributed by atoms with van der Waals surface area (Å²) in [5.74, 6) is 0. The van der Waals surface area contributed by atoms with Gasteiger partial charge in [0, 0.05) is 37.5 Å². The van der Waals surface area contributed by atoms with Crippen LogP contribution in [0.4, 0.5) is 24.5 Å². The maximum absolute atomic E-state index is 13.7. The predicted octanol–water partition coefficient (Wildman–Crippen LogP) is 3.46. The van der Waals surface area contributed by atoms with E-state index >= 15 is 0 Å². The summed E-state index contributed by atoms with van der Waals surface area (Å²) in [5, 5.41) is 21.4. The lowest BCUT2D eigenvalue weighted by Crippen LogP contribution is -2.43. The highest BCUT2D eigenvalue weighted by Crippen LogP contribution is 2.45. The standard InChI is InChI=1S/C16H15F3N2O3/c1-20(2)13-7-3-5-11(9-13)15(22,16(17,18)19)12-6-4-8-14(10-12)21(23)24/h3-10,22H,1-2H3. The topological polar surface area (TPSA) is 66.6 Å². The number of anilines is 1. The lowest BCUT2D eigenvalue weighted by Gasteiger charge is -2.32. The molecule has 0 aliphatic heterocycles. The van der Waals surface area contributed by atoms with E-state index in [0.29, 0.717) is 5.69 Å². The van der Waals surface area contributed by atoms with E-state index in [2.05, 4.69) is 0 Å². The van der Waals surface area contributed by atoms with E-state index in [4.69, 9.17) is 0 Å². The van der Waals surface area contributed by atoms with Crippen LogP contribution in [-0.4, -0.2) is 30.3 Å². The summed E-state index contributed by atoms with van der Waals surface area (Å²) < 4.78 is 41.1. The Hall–Kier alpha value is -2.61. The van der Waals surface area contributed by atoms with Gasteiger partial charge in [0.1, 0.15) is 0 Å². The van der Waals surface area contributed by atoms with Gasteiger partial charge >= 0.3 is 6.18 Å². The first-order valence-corrected chi connectivity index (χ1v) is 6.89. The van der Waals surface area contributed by atoms with Crippen LogP contribution in [0.15, 0.2) is 48.5 Å². The van der Waals surface area contributed by atoms with E-state index < -0.39 is 33.5 Å². The fourth-order valence-corrected chi connectivity index (χ4v) is 2.35. The first-order chi connectivity index (χ1) is 11.1. The van der Waals surface area contributed by atoms with Crippen molar-refractivity contribution >= 4 is 11.4 Å². The molecule has 24 heavy (non-hydrogen) atoms. The number of aliphatic hydroxyl groups is 1. The fraction of sp³-hybridized carbons (Fsp3) is 0.250. The summed E-state index contributed by atoms with van der Waals surface area (Å²) in [6.07, 6.45) is -5.06. The van der Waals surface area contributed by atoms with E-state index in [9.17, 15) is 28.4 Å². The zero-order chi connectivity index (χ0) is 18.1. The maximum Gasteiger partial charge on any atom is 0.425 e. The Kier molecular flexibility index (Phi) is 4.52. The Morgan fingerprint density at radius 1 is 1.04 bits per heavy atom. The summed E-state index contributed by atoms with van der Waals surface area (Å²) in [6.45, 7) is 0. The molecule has 0 aliphatic carbocycles. The Morgan fingerprint density at radius 2 is 1.58 bits per heavy atom. The maximum atomic E-state index is 13.7. The average molecular weight is 340 g/mol. The van der Waals surface area contributed by atoms with Gasteiger partial charge in [-0.15, -0.1) is 0 Å². The van der Waals surface area contributed by atoms with Crippen molar-refractivity contribution in [1.82, 2.24) is 0 Å². The fourth-order valence-electron chi connectivity index (χ4n) is 2.35. The molecule has 8 heteroatoms. The minimum absolute atomic E-state index is 0.415. The van der Waals surface area contributed by atoms with Gasteiger partial charge in [0.15, 0.2) is 0 Å². The Balaban J connectivity index is 2.70. The highest BCUT2D eigenvalue weighted by molar-refractivity contribution is 5.52. The van der Waals surface area contributed by atoms with Gasteiger partial charge in [-0.05, 0) is 17.7 Å². The number of alkyl halides is 3. The summed E-state index contributed by atoms with van der Waals surface area (Å²) >= 11 is 0. The molecule has 0 bridgehead atoms. The molecule has 0 radical (unpaired) electrons. The van der Waals surface area contributed by atoms with Crippen molar-refractivity contribution in [1.29, 1.82) is 0 Å². The zero-order valence-corrected chi connectivity index (χ0v) is 12.9. The third-order valence-electron chi connectivity index (χ3n) is 3.67. The number of non-ortho nitro benzene ring substituents is 1. The molecule has 1 atom stereocenters.